The fourth-order valence-electron chi connectivity index (χ4n) is 3.36. The molecule has 0 amide bonds. The highest BCUT2D eigenvalue weighted by Crippen LogP contribution is 2.28. The van der Waals surface area contributed by atoms with Gasteiger partial charge < -0.3 is 10.1 Å². The number of ether oxygens (including phenoxy) is 1. The monoisotopic (exact) mass is 328 g/mol. The summed E-state index contributed by atoms with van der Waals surface area (Å²) in [6.07, 6.45) is 6.65. The van der Waals surface area contributed by atoms with Crippen molar-refractivity contribution in [3.05, 3.63) is 48.0 Å². The third kappa shape index (κ3) is 4.12. The van der Waals surface area contributed by atoms with Gasteiger partial charge in [0.1, 0.15) is 5.75 Å². The Hall–Kier alpha value is -1.94. The minimum atomic E-state index is -0.458. The zero-order valence-electron chi connectivity index (χ0n) is 14.4. The summed E-state index contributed by atoms with van der Waals surface area (Å²) in [7, 11) is 1.69. The van der Waals surface area contributed by atoms with Crippen molar-refractivity contribution in [3.63, 3.8) is 0 Å². The molecule has 128 valence electrons. The Morgan fingerprint density at radius 1 is 1.12 bits per heavy atom. The van der Waals surface area contributed by atoms with Crippen molar-refractivity contribution in [3.8, 4) is 16.9 Å². The number of hydrogen-bond donors (Lipinski definition) is 1. The standard InChI is InChI=1S/C20H25FN2O/c1-14-3-7-18(8-4-14)22-13-17-11-15(5-9-19(17)24-2)16-6-10-20(21)23-12-16/h5-6,9-12,14,18,22H,3-4,7-8,13H2,1-2H3. The molecule has 1 saturated carbocycles. The van der Waals surface area contributed by atoms with E-state index in [2.05, 4.69) is 23.3 Å². The normalized spacial score (nSPS) is 20.8. The topological polar surface area (TPSA) is 34.1 Å². The summed E-state index contributed by atoms with van der Waals surface area (Å²) >= 11 is 0. The lowest BCUT2D eigenvalue weighted by molar-refractivity contribution is 0.305. The van der Waals surface area contributed by atoms with Crippen LogP contribution in [0.1, 0.15) is 38.2 Å². The number of methoxy groups -OCH3 is 1. The highest BCUT2D eigenvalue weighted by molar-refractivity contribution is 5.64. The lowest BCUT2D eigenvalue weighted by Crippen LogP contribution is -2.32. The second kappa shape index (κ2) is 7.75. The maximum Gasteiger partial charge on any atom is 0.212 e. The number of pyridine rings is 1. The molecule has 1 N–H and O–H groups in total. The van der Waals surface area contributed by atoms with Crippen molar-refractivity contribution in [2.75, 3.05) is 7.11 Å². The summed E-state index contributed by atoms with van der Waals surface area (Å²) in [6, 6.07) is 9.79. The van der Waals surface area contributed by atoms with Gasteiger partial charge in [0.2, 0.25) is 5.95 Å². The van der Waals surface area contributed by atoms with Crippen molar-refractivity contribution < 1.29 is 9.13 Å². The summed E-state index contributed by atoms with van der Waals surface area (Å²) in [5.74, 6) is 1.28. The molecule has 0 unspecified atom stereocenters. The molecule has 1 aromatic carbocycles. The summed E-state index contributed by atoms with van der Waals surface area (Å²) in [6.45, 7) is 3.12. The number of nitrogens with zero attached hydrogens (tertiary/aromatic N) is 1. The number of hydrogen-bond acceptors (Lipinski definition) is 3. The predicted molar refractivity (Wildman–Crippen MR) is 94.4 cm³/mol. The van der Waals surface area contributed by atoms with Crippen LogP contribution in [0.15, 0.2) is 36.5 Å². The summed E-state index contributed by atoms with van der Waals surface area (Å²) in [5, 5.41) is 3.67. The minimum Gasteiger partial charge on any atom is -0.496 e. The average Bonchev–Trinajstić information content (AvgIpc) is 2.61. The van der Waals surface area contributed by atoms with Crippen LogP contribution in [0.5, 0.6) is 5.75 Å². The number of halogens is 1. The smallest absolute Gasteiger partial charge is 0.212 e. The molecule has 1 aromatic heterocycles. The summed E-state index contributed by atoms with van der Waals surface area (Å²) in [5.41, 5.74) is 3.06. The zero-order chi connectivity index (χ0) is 16.9. The Bertz CT molecular complexity index is 664. The van der Waals surface area contributed by atoms with E-state index in [1.807, 2.05) is 12.1 Å². The highest BCUT2D eigenvalue weighted by Gasteiger charge is 2.18. The SMILES string of the molecule is COc1ccc(-c2ccc(F)nc2)cc1CNC1CCC(C)CC1. The maximum absolute atomic E-state index is 13.0. The number of benzene rings is 1. The molecule has 0 spiro atoms. The first-order valence-corrected chi connectivity index (χ1v) is 8.68. The van der Waals surface area contributed by atoms with Crippen LogP contribution in [0.2, 0.25) is 0 Å². The van der Waals surface area contributed by atoms with E-state index in [1.54, 1.807) is 19.4 Å². The van der Waals surface area contributed by atoms with E-state index in [1.165, 1.54) is 31.7 Å². The van der Waals surface area contributed by atoms with Gasteiger partial charge in [-0.2, -0.15) is 4.39 Å². The van der Waals surface area contributed by atoms with Gasteiger partial charge in [-0.1, -0.05) is 13.0 Å². The molecule has 1 aliphatic rings. The number of rotatable bonds is 5. The van der Waals surface area contributed by atoms with Crippen LogP contribution in [0.25, 0.3) is 11.1 Å². The quantitative estimate of drug-likeness (QED) is 0.817. The molecule has 1 aliphatic carbocycles. The van der Waals surface area contributed by atoms with E-state index in [0.717, 1.165) is 34.9 Å². The molecule has 0 aliphatic heterocycles. The van der Waals surface area contributed by atoms with Crippen molar-refractivity contribution in [2.24, 2.45) is 5.92 Å². The molecule has 0 saturated heterocycles. The van der Waals surface area contributed by atoms with E-state index in [0.29, 0.717) is 6.04 Å². The minimum absolute atomic E-state index is 0.458. The first-order valence-electron chi connectivity index (χ1n) is 8.68. The maximum atomic E-state index is 13.0. The molecule has 3 rings (SSSR count). The Morgan fingerprint density at radius 2 is 1.88 bits per heavy atom. The van der Waals surface area contributed by atoms with Crippen LogP contribution >= 0.6 is 0 Å². The molecule has 0 atom stereocenters. The van der Waals surface area contributed by atoms with Gasteiger partial charge in [-0.05, 0) is 61.4 Å². The highest BCUT2D eigenvalue weighted by atomic mass is 19.1. The molecule has 1 fully saturated rings. The molecule has 3 nitrogen and oxygen atoms in total. The van der Waals surface area contributed by atoms with Crippen molar-refractivity contribution in [1.82, 2.24) is 10.3 Å². The fraction of sp³-hybridized carbons (Fsp3) is 0.450. The van der Waals surface area contributed by atoms with Crippen LogP contribution in [0.4, 0.5) is 4.39 Å². The van der Waals surface area contributed by atoms with Gasteiger partial charge in [0, 0.05) is 29.9 Å². The Morgan fingerprint density at radius 3 is 2.54 bits per heavy atom. The van der Waals surface area contributed by atoms with Crippen molar-refractivity contribution in [2.45, 2.75) is 45.2 Å². The molecule has 0 radical (unpaired) electrons. The van der Waals surface area contributed by atoms with Crippen LogP contribution in [-0.2, 0) is 6.54 Å². The van der Waals surface area contributed by atoms with Crippen LogP contribution in [0.3, 0.4) is 0 Å². The lowest BCUT2D eigenvalue weighted by Gasteiger charge is -2.27. The largest absolute Gasteiger partial charge is 0.496 e. The molecule has 1 heterocycles. The van der Waals surface area contributed by atoms with Gasteiger partial charge >= 0.3 is 0 Å². The Balaban J connectivity index is 1.73. The van der Waals surface area contributed by atoms with Gasteiger partial charge in [0.05, 0.1) is 7.11 Å². The number of aromatic nitrogens is 1. The van der Waals surface area contributed by atoms with Gasteiger partial charge in [-0.3, -0.25) is 0 Å². The Kier molecular flexibility index (Phi) is 5.46. The molecule has 4 heteroatoms. The molecule has 0 bridgehead atoms. The number of nitrogens with one attached hydrogen (secondary N) is 1. The van der Waals surface area contributed by atoms with Gasteiger partial charge in [-0.25, -0.2) is 4.98 Å². The van der Waals surface area contributed by atoms with Crippen molar-refractivity contribution in [1.29, 1.82) is 0 Å². The van der Waals surface area contributed by atoms with Gasteiger partial charge in [-0.15, -0.1) is 0 Å². The lowest BCUT2D eigenvalue weighted by atomic mass is 9.87. The zero-order valence-corrected chi connectivity index (χ0v) is 14.4. The van der Waals surface area contributed by atoms with Crippen LogP contribution in [-0.4, -0.2) is 18.1 Å². The summed E-state index contributed by atoms with van der Waals surface area (Å²) in [4.78, 5) is 3.74. The van der Waals surface area contributed by atoms with E-state index >= 15 is 0 Å². The first-order chi connectivity index (χ1) is 11.7. The van der Waals surface area contributed by atoms with Crippen LogP contribution < -0.4 is 10.1 Å². The van der Waals surface area contributed by atoms with E-state index < -0.39 is 5.95 Å². The molecule has 24 heavy (non-hydrogen) atoms. The third-order valence-electron chi connectivity index (χ3n) is 4.94. The van der Waals surface area contributed by atoms with Gasteiger partial charge in [0.25, 0.3) is 0 Å². The molecular weight excluding hydrogens is 303 g/mol. The summed E-state index contributed by atoms with van der Waals surface area (Å²) < 4.78 is 18.5. The molecular formula is C20H25FN2O. The van der Waals surface area contributed by atoms with E-state index in [4.69, 9.17) is 4.74 Å². The second-order valence-electron chi connectivity index (χ2n) is 6.73. The third-order valence-corrected chi connectivity index (χ3v) is 4.94. The van der Waals surface area contributed by atoms with E-state index in [9.17, 15) is 4.39 Å². The second-order valence-corrected chi connectivity index (χ2v) is 6.73. The first kappa shape index (κ1) is 16.9. The average molecular weight is 328 g/mol. The van der Waals surface area contributed by atoms with E-state index in [-0.39, 0.29) is 0 Å². The predicted octanol–water partition coefficient (Wildman–Crippen LogP) is 4.56. The fourth-order valence-corrected chi connectivity index (χ4v) is 3.36. The van der Waals surface area contributed by atoms with Crippen LogP contribution in [0, 0.1) is 11.9 Å². The molecule has 2 aromatic rings. The van der Waals surface area contributed by atoms with Gasteiger partial charge in [0.15, 0.2) is 0 Å². The Labute approximate surface area is 143 Å². The van der Waals surface area contributed by atoms with Crippen molar-refractivity contribution >= 4 is 0 Å².